The molecule has 3 heterocycles. The van der Waals surface area contributed by atoms with Crippen molar-refractivity contribution in [1.82, 2.24) is 24.8 Å². The molecule has 1 aromatic carbocycles. The highest BCUT2D eigenvalue weighted by Crippen LogP contribution is 2.25. The summed E-state index contributed by atoms with van der Waals surface area (Å²) in [7, 11) is 2.03. The summed E-state index contributed by atoms with van der Waals surface area (Å²) >= 11 is 1.78. The standard InChI is InChI=1S/C22H28N6OS/c1-27-19-9-4-3-8-17(19)25-20(27)18(10-14-30-2)26-21(29)16-7-5-13-28(15-16)22-23-11-6-12-24-22/h3-4,6,8-9,11-12,16,18H,5,7,10,13-15H2,1-2H3,(H,26,29)/t16?,18-/m0/s1. The Balaban J connectivity index is 1.51. The number of anilines is 1. The molecule has 4 rings (SSSR count). The molecule has 1 amide bonds. The van der Waals surface area contributed by atoms with Crippen LogP contribution < -0.4 is 10.2 Å². The zero-order valence-corrected chi connectivity index (χ0v) is 18.3. The number of carbonyl (C=O) groups is 1. The Morgan fingerprint density at radius 1 is 1.27 bits per heavy atom. The van der Waals surface area contributed by atoms with E-state index in [9.17, 15) is 4.79 Å². The van der Waals surface area contributed by atoms with Crippen molar-refractivity contribution in [3.8, 4) is 0 Å². The number of fused-ring (bicyclic) bond motifs is 1. The first kappa shape index (κ1) is 20.7. The number of benzene rings is 1. The zero-order chi connectivity index (χ0) is 20.9. The van der Waals surface area contributed by atoms with Crippen LogP contribution in [-0.4, -0.2) is 50.5 Å². The Bertz CT molecular complexity index is 992. The van der Waals surface area contributed by atoms with Crippen LogP contribution >= 0.6 is 11.8 Å². The summed E-state index contributed by atoms with van der Waals surface area (Å²) in [5.74, 6) is 2.59. The molecule has 7 nitrogen and oxygen atoms in total. The highest BCUT2D eigenvalue weighted by atomic mass is 32.2. The fourth-order valence-corrected chi connectivity index (χ4v) is 4.57. The number of rotatable bonds is 7. The van der Waals surface area contributed by atoms with E-state index in [1.165, 1.54) is 0 Å². The summed E-state index contributed by atoms with van der Waals surface area (Å²) in [6, 6.07) is 9.81. The van der Waals surface area contributed by atoms with Crippen LogP contribution in [0.2, 0.25) is 0 Å². The minimum Gasteiger partial charge on any atom is -0.346 e. The van der Waals surface area contributed by atoms with Crippen molar-refractivity contribution < 1.29 is 4.79 Å². The smallest absolute Gasteiger partial charge is 0.225 e. The molecule has 0 radical (unpaired) electrons. The van der Waals surface area contributed by atoms with E-state index in [0.717, 1.165) is 48.4 Å². The lowest BCUT2D eigenvalue weighted by Gasteiger charge is -2.32. The number of nitrogens with zero attached hydrogens (tertiary/aromatic N) is 5. The van der Waals surface area contributed by atoms with E-state index in [1.807, 2.05) is 31.3 Å². The molecule has 1 aliphatic heterocycles. The van der Waals surface area contributed by atoms with E-state index in [1.54, 1.807) is 24.2 Å². The number of hydrogen-bond donors (Lipinski definition) is 1. The molecule has 3 aromatic rings. The minimum atomic E-state index is -0.106. The summed E-state index contributed by atoms with van der Waals surface area (Å²) in [5.41, 5.74) is 2.05. The van der Waals surface area contributed by atoms with Gasteiger partial charge in [0, 0.05) is 32.5 Å². The number of aromatic nitrogens is 4. The highest BCUT2D eigenvalue weighted by molar-refractivity contribution is 7.98. The van der Waals surface area contributed by atoms with Gasteiger partial charge in [0.05, 0.1) is 23.0 Å². The lowest BCUT2D eigenvalue weighted by atomic mass is 9.96. The summed E-state index contributed by atoms with van der Waals surface area (Å²) in [6.45, 7) is 1.53. The molecule has 2 aromatic heterocycles. The molecule has 0 spiro atoms. The van der Waals surface area contributed by atoms with Gasteiger partial charge in [0.1, 0.15) is 5.82 Å². The third-order valence-electron chi connectivity index (χ3n) is 5.69. The first-order chi connectivity index (χ1) is 14.7. The lowest BCUT2D eigenvalue weighted by molar-refractivity contribution is -0.126. The van der Waals surface area contributed by atoms with Crippen molar-refractivity contribution in [3.05, 3.63) is 48.5 Å². The highest BCUT2D eigenvalue weighted by Gasteiger charge is 2.29. The van der Waals surface area contributed by atoms with Gasteiger partial charge in [-0.1, -0.05) is 12.1 Å². The fraction of sp³-hybridized carbons (Fsp3) is 0.455. The van der Waals surface area contributed by atoms with Crippen LogP contribution in [0.4, 0.5) is 5.95 Å². The van der Waals surface area contributed by atoms with Gasteiger partial charge in [0.2, 0.25) is 11.9 Å². The quantitative estimate of drug-likeness (QED) is 0.628. The van der Waals surface area contributed by atoms with E-state index in [2.05, 4.69) is 37.1 Å². The number of para-hydroxylation sites is 2. The van der Waals surface area contributed by atoms with Crippen LogP contribution in [0.15, 0.2) is 42.7 Å². The summed E-state index contributed by atoms with van der Waals surface area (Å²) in [6.07, 6.45) is 8.27. The van der Waals surface area contributed by atoms with E-state index in [-0.39, 0.29) is 17.9 Å². The maximum absolute atomic E-state index is 13.2. The van der Waals surface area contributed by atoms with Crippen molar-refractivity contribution in [3.63, 3.8) is 0 Å². The Kier molecular flexibility index (Phi) is 6.52. The van der Waals surface area contributed by atoms with Crippen LogP contribution in [0, 0.1) is 5.92 Å². The normalized spacial score (nSPS) is 17.8. The van der Waals surface area contributed by atoms with Crippen LogP contribution in [0.3, 0.4) is 0 Å². The second-order valence-corrected chi connectivity index (χ2v) is 8.68. The number of amides is 1. The molecule has 0 saturated carbocycles. The zero-order valence-electron chi connectivity index (χ0n) is 17.5. The number of hydrogen-bond acceptors (Lipinski definition) is 6. The first-order valence-corrected chi connectivity index (χ1v) is 11.8. The molecule has 1 fully saturated rings. The predicted molar refractivity (Wildman–Crippen MR) is 122 cm³/mol. The second kappa shape index (κ2) is 9.47. The van der Waals surface area contributed by atoms with Gasteiger partial charge in [-0.05, 0) is 49.5 Å². The molecule has 2 atom stereocenters. The van der Waals surface area contributed by atoms with Gasteiger partial charge in [-0.15, -0.1) is 0 Å². The predicted octanol–water partition coefficient (Wildman–Crippen LogP) is 3.19. The SMILES string of the molecule is CSCC[C@H](NC(=O)C1CCCN(c2ncccn2)C1)c1nc2ccccc2n1C. The minimum absolute atomic E-state index is 0.0750. The molecule has 158 valence electrons. The third kappa shape index (κ3) is 4.43. The second-order valence-electron chi connectivity index (χ2n) is 7.69. The maximum Gasteiger partial charge on any atom is 0.225 e. The van der Waals surface area contributed by atoms with Crippen LogP contribution in [0.25, 0.3) is 11.0 Å². The first-order valence-electron chi connectivity index (χ1n) is 10.4. The van der Waals surface area contributed by atoms with Gasteiger partial charge in [-0.2, -0.15) is 11.8 Å². The number of piperidine rings is 1. The third-order valence-corrected chi connectivity index (χ3v) is 6.33. The van der Waals surface area contributed by atoms with E-state index >= 15 is 0 Å². The monoisotopic (exact) mass is 424 g/mol. The van der Waals surface area contributed by atoms with Crippen molar-refractivity contribution in [2.45, 2.75) is 25.3 Å². The van der Waals surface area contributed by atoms with Gasteiger partial charge in [0.25, 0.3) is 0 Å². The Morgan fingerprint density at radius 2 is 2.07 bits per heavy atom. The maximum atomic E-state index is 13.2. The van der Waals surface area contributed by atoms with Crippen molar-refractivity contribution >= 4 is 34.7 Å². The number of nitrogens with one attached hydrogen (secondary N) is 1. The molecule has 1 aliphatic rings. The molecular weight excluding hydrogens is 396 g/mol. The summed E-state index contributed by atoms with van der Waals surface area (Å²) in [5, 5.41) is 3.31. The topological polar surface area (TPSA) is 75.9 Å². The fourth-order valence-electron chi connectivity index (χ4n) is 4.09. The van der Waals surface area contributed by atoms with Crippen molar-refractivity contribution in [2.75, 3.05) is 30.0 Å². The molecule has 1 saturated heterocycles. The molecular formula is C22H28N6OS. The molecule has 1 unspecified atom stereocenters. The van der Waals surface area contributed by atoms with Crippen molar-refractivity contribution in [1.29, 1.82) is 0 Å². The molecule has 30 heavy (non-hydrogen) atoms. The Hall–Kier alpha value is -2.61. The Labute approximate surface area is 181 Å². The van der Waals surface area contributed by atoms with E-state index in [4.69, 9.17) is 4.98 Å². The van der Waals surface area contributed by atoms with Crippen LogP contribution in [0.1, 0.15) is 31.1 Å². The van der Waals surface area contributed by atoms with Gasteiger partial charge in [0.15, 0.2) is 0 Å². The summed E-state index contributed by atoms with van der Waals surface area (Å²) < 4.78 is 2.10. The molecule has 0 bridgehead atoms. The summed E-state index contributed by atoms with van der Waals surface area (Å²) in [4.78, 5) is 28.9. The number of imidazole rings is 1. The van der Waals surface area contributed by atoms with Gasteiger partial charge >= 0.3 is 0 Å². The molecule has 1 N–H and O–H groups in total. The average Bonchev–Trinajstić information content (AvgIpc) is 3.14. The number of thioether (sulfide) groups is 1. The van der Waals surface area contributed by atoms with E-state index in [0.29, 0.717) is 12.5 Å². The molecule has 0 aliphatic carbocycles. The van der Waals surface area contributed by atoms with E-state index < -0.39 is 0 Å². The molecule has 8 heteroatoms. The van der Waals surface area contributed by atoms with Crippen LogP contribution in [0.5, 0.6) is 0 Å². The number of aryl methyl sites for hydroxylation is 1. The van der Waals surface area contributed by atoms with Crippen LogP contribution in [-0.2, 0) is 11.8 Å². The van der Waals surface area contributed by atoms with Crippen molar-refractivity contribution in [2.24, 2.45) is 13.0 Å². The Morgan fingerprint density at radius 3 is 2.83 bits per heavy atom. The largest absolute Gasteiger partial charge is 0.346 e. The van der Waals surface area contributed by atoms with Gasteiger partial charge < -0.3 is 14.8 Å². The average molecular weight is 425 g/mol. The number of carbonyl (C=O) groups excluding carboxylic acids is 1. The lowest BCUT2D eigenvalue weighted by Crippen LogP contribution is -2.45. The van der Waals surface area contributed by atoms with Gasteiger partial charge in [-0.25, -0.2) is 15.0 Å². The van der Waals surface area contributed by atoms with Gasteiger partial charge in [-0.3, -0.25) is 4.79 Å².